The molecule has 0 amide bonds. The fourth-order valence-electron chi connectivity index (χ4n) is 0.298. The molecule has 0 unspecified atom stereocenters. The number of hydrazine groups is 1. The Morgan fingerprint density at radius 3 is 1.89 bits per heavy atom. The van der Waals surface area contributed by atoms with E-state index in [1.807, 2.05) is 5.43 Å². The van der Waals surface area contributed by atoms with Crippen molar-refractivity contribution in [3.05, 3.63) is 0 Å². The van der Waals surface area contributed by atoms with Crippen molar-refractivity contribution in [3.8, 4) is 0 Å². The van der Waals surface area contributed by atoms with Crippen LogP contribution in [0.1, 0.15) is 6.92 Å². The molecule has 0 aromatic carbocycles. The molecule has 0 fully saturated rings. The number of rotatable bonds is 2. The monoisotopic (exact) mass is 142 g/mol. The van der Waals surface area contributed by atoms with Crippen molar-refractivity contribution in [2.75, 3.05) is 7.05 Å². The van der Waals surface area contributed by atoms with Crippen LogP contribution in [0.5, 0.6) is 0 Å². The quantitative estimate of drug-likeness (QED) is 0.553. The first kappa shape index (κ1) is 8.71. The Morgan fingerprint density at radius 2 is 1.78 bits per heavy atom. The lowest BCUT2D eigenvalue weighted by Gasteiger charge is -2.15. The lowest BCUT2D eigenvalue weighted by atomic mass is 10.3. The lowest BCUT2D eigenvalue weighted by Crippen LogP contribution is -2.45. The average molecular weight is 142 g/mol. The van der Waals surface area contributed by atoms with E-state index in [4.69, 9.17) is 0 Å². The van der Waals surface area contributed by atoms with Crippen LogP contribution >= 0.6 is 0 Å². The third kappa shape index (κ3) is 3.31. The molecule has 1 atom stereocenters. The minimum atomic E-state index is -4.16. The summed E-state index contributed by atoms with van der Waals surface area (Å²) in [6.07, 6.45) is -4.16. The maximum Gasteiger partial charge on any atom is 0.404 e. The van der Waals surface area contributed by atoms with Crippen molar-refractivity contribution >= 4 is 0 Å². The van der Waals surface area contributed by atoms with Gasteiger partial charge in [-0.25, -0.2) is 5.43 Å². The first-order valence-electron chi connectivity index (χ1n) is 2.47. The van der Waals surface area contributed by atoms with Crippen molar-refractivity contribution in [2.45, 2.75) is 19.1 Å². The second-order valence-corrected chi connectivity index (χ2v) is 1.66. The van der Waals surface area contributed by atoms with Crippen LogP contribution < -0.4 is 10.9 Å². The van der Waals surface area contributed by atoms with Crippen LogP contribution in [0.2, 0.25) is 0 Å². The van der Waals surface area contributed by atoms with Gasteiger partial charge >= 0.3 is 6.18 Å². The number of hydrogen-bond acceptors (Lipinski definition) is 2. The molecule has 0 spiro atoms. The second kappa shape index (κ2) is 3.03. The zero-order chi connectivity index (χ0) is 7.49. The molecule has 0 radical (unpaired) electrons. The van der Waals surface area contributed by atoms with Crippen molar-refractivity contribution in [1.29, 1.82) is 0 Å². The highest BCUT2D eigenvalue weighted by atomic mass is 19.4. The topological polar surface area (TPSA) is 24.1 Å². The molecule has 9 heavy (non-hydrogen) atoms. The van der Waals surface area contributed by atoms with E-state index in [0.717, 1.165) is 6.92 Å². The van der Waals surface area contributed by atoms with Gasteiger partial charge in [0.1, 0.15) is 6.04 Å². The molecule has 2 nitrogen and oxygen atoms in total. The minimum absolute atomic E-state index is 1.04. The Labute approximate surface area is 51.4 Å². The van der Waals surface area contributed by atoms with Gasteiger partial charge in [-0.15, -0.1) is 0 Å². The number of halogens is 3. The molecule has 0 saturated carbocycles. The van der Waals surface area contributed by atoms with Gasteiger partial charge in [0.15, 0.2) is 0 Å². The molecular formula is C4H9F3N2. The second-order valence-electron chi connectivity index (χ2n) is 1.66. The number of hydrogen-bond donors (Lipinski definition) is 2. The van der Waals surface area contributed by atoms with Crippen LogP contribution in [-0.2, 0) is 0 Å². The summed E-state index contributed by atoms with van der Waals surface area (Å²) < 4.78 is 34.6. The molecule has 0 rings (SSSR count). The molecule has 0 aliphatic heterocycles. The Balaban J connectivity index is 3.59. The fraction of sp³-hybridized carbons (Fsp3) is 1.00. The van der Waals surface area contributed by atoms with Gasteiger partial charge in [-0.3, -0.25) is 5.43 Å². The highest BCUT2D eigenvalue weighted by molar-refractivity contribution is 4.65. The number of nitrogens with one attached hydrogen (secondary N) is 2. The fourth-order valence-corrected chi connectivity index (χ4v) is 0.298. The van der Waals surface area contributed by atoms with Crippen LogP contribution in [0, 0.1) is 0 Å². The van der Waals surface area contributed by atoms with Gasteiger partial charge in [0.05, 0.1) is 0 Å². The number of alkyl halides is 3. The average Bonchev–Trinajstić information content (AvgIpc) is 1.64. The van der Waals surface area contributed by atoms with E-state index in [1.165, 1.54) is 7.05 Å². The smallest absolute Gasteiger partial charge is 0.260 e. The first-order valence-corrected chi connectivity index (χ1v) is 2.47. The summed E-state index contributed by atoms with van der Waals surface area (Å²) in [5, 5.41) is 0. The van der Waals surface area contributed by atoms with Crippen LogP contribution in [0.3, 0.4) is 0 Å². The van der Waals surface area contributed by atoms with Crippen LogP contribution in [0.15, 0.2) is 0 Å². The van der Waals surface area contributed by atoms with E-state index in [0.29, 0.717) is 0 Å². The van der Waals surface area contributed by atoms with Gasteiger partial charge in [0.2, 0.25) is 0 Å². The summed E-state index contributed by atoms with van der Waals surface area (Å²) in [6, 6.07) is -1.50. The van der Waals surface area contributed by atoms with Gasteiger partial charge in [-0.1, -0.05) is 0 Å². The van der Waals surface area contributed by atoms with E-state index in [1.54, 1.807) is 0 Å². The predicted molar refractivity (Wildman–Crippen MR) is 27.7 cm³/mol. The molecule has 0 bridgehead atoms. The molecular weight excluding hydrogens is 133 g/mol. The molecule has 0 aromatic heterocycles. The van der Waals surface area contributed by atoms with Crippen molar-refractivity contribution < 1.29 is 13.2 Å². The Bertz CT molecular complexity index is 80.4. The molecule has 0 aliphatic rings. The van der Waals surface area contributed by atoms with Crippen molar-refractivity contribution in [1.82, 2.24) is 10.9 Å². The van der Waals surface area contributed by atoms with E-state index < -0.39 is 12.2 Å². The SMILES string of the molecule is CNN[C@@H](C)C(F)(F)F. The van der Waals surface area contributed by atoms with Crippen LogP contribution in [-0.4, -0.2) is 19.3 Å². The molecule has 2 N–H and O–H groups in total. The van der Waals surface area contributed by atoms with Gasteiger partial charge in [0, 0.05) is 0 Å². The largest absolute Gasteiger partial charge is 0.404 e. The highest BCUT2D eigenvalue weighted by Gasteiger charge is 2.35. The highest BCUT2D eigenvalue weighted by Crippen LogP contribution is 2.18. The van der Waals surface area contributed by atoms with Crippen molar-refractivity contribution in [2.24, 2.45) is 0 Å². The molecule has 0 aromatic rings. The summed E-state index contributed by atoms with van der Waals surface area (Å²) >= 11 is 0. The molecule has 5 heteroatoms. The first-order chi connectivity index (χ1) is 3.98. The normalized spacial score (nSPS) is 15.7. The third-order valence-corrected chi connectivity index (χ3v) is 0.852. The van der Waals surface area contributed by atoms with Gasteiger partial charge in [-0.05, 0) is 14.0 Å². The zero-order valence-corrected chi connectivity index (χ0v) is 5.21. The summed E-state index contributed by atoms with van der Waals surface area (Å²) in [5.74, 6) is 0. The summed E-state index contributed by atoms with van der Waals surface area (Å²) in [6.45, 7) is 1.04. The summed E-state index contributed by atoms with van der Waals surface area (Å²) in [4.78, 5) is 0. The van der Waals surface area contributed by atoms with E-state index in [2.05, 4.69) is 5.43 Å². The van der Waals surface area contributed by atoms with Crippen LogP contribution in [0.25, 0.3) is 0 Å². The van der Waals surface area contributed by atoms with Crippen LogP contribution in [0.4, 0.5) is 13.2 Å². The van der Waals surface area contributed by atoms with Crippen molar-refractivity contribution in [3.63, 3.8) is 0 Å². The van der Waals surface area contributed by atoms with Gasteiger partial charge in [-0.2, -0.15) is 13.2 Å². The van der Waals surface area contributed by atoms with E-state index >= 15 is 0 Å². The molecule has 0 heterocycles. The molecule has 0 aliphatic carbocycles. The predicted octanol–water partition coefficient (Wildman–Crippen LogP) is 0.661. The third-order valence-electron chi connectivity index (χ3n) is 0.852. The standard InChI is InChI=1S/C4H9F3N2/c1-3(9-8-2)4(5,6)7/h3,8-9H,1-2H3/t3-/m0/s1. The Hall–Kier alpha value is -0.290. The maximum absolute atomic E-state index is 11.5. The Morgan fingerprint density at radius 1 is 1.33 bits per heavy atom. The van der Waals surface area contributed by atoms with E-state index in [9.17, 15) is 13.2 Å². The summed E-state index contributed by atoms with van der Waals surface area (Å²) in [5.41, 5.74) is 4.21. The zero-order valence-electron chi connectivity index (χ0n) is 5.21. The molecule has 56 valence electrons. The molecule has 0 saturated heterocycles. The summed E-state index contributed by atoms with van der Waals surface area (Å²) in [7, 11) is 1.39. The maximum atomic E-state index is 11.5. The lowest BCUT2D eigenvalue weighted by molar-refractivity contribution is -0.153. The van der Waals surface area contributed by atoms with Gasteiger partial charge < -0.3 is 0 Å². The van der Waals surface area contributed by atoms with Gasteiger partial charge in [0.25, 0.3) is 0 Å². The Kier molecular flexibility index (Phi) is 2.93. The minimum Gasteiger partial charge on any atom is -0.260 e. The van der Waals surface area contributed by atoms with E-state index in [-0.39, 0.29) is 0 Å².